The molecule has 1 heterocycles. The molecule has 0 spiro atoms. The first-order valence-electron chi connectivity index (χ1n) is 5.92. The summed E-state index contributed by atoms with van der Waals surface area (Å²) in [6.45, 7) is 7.87. The first-order valence-corrected chi connectivity index (χ1v) is 5.92. The number of nitrogens with two attached hydrogens (primary N) is 1. The van der Waals surface area contributed by atoms with Crippen molar-refractivity contribution in [3.8, 4) is 0 Å². The lowest BCUT2D eigenvalue weighted by molar-refractivity contribution is -0.0595. The Bertz CT molecular complexity index is 374. The molecule has 0 amide bonds. The van der Waals surface area contributed by atoms with Gasteiger partial charge in [-0.25, -0.2) is 0 Å². The van der Waals surface area contributed by atoms with Crippen LogP contribution in [0.2, 0.25) is 0 Å². The fraction of sp³-hybridized carbons (Fsp3) is 0.750. The van der Waals surface area contributed by atoms with Gasteiger partial charge in [0.1, 0.15) is 0 Å². The van der Waals surface area contributed by atoms with Crippen LogP contribution in [0.25, 0.3) is 0 Å². The van der Waals surface area contributed by atoms with Gasteiger partial charge in [0.15, 0.2) is 0 Å². The molecule has 0 saturated carbocycles. The zero-order valence-electron chi connectivity index (χ0n) is 11.3. The van der Waals surface area contributed by atoms with Crippen LogP contribution < -0.4 is 5.73 Å². The minimum atomic E-state index is -0.513. The third-order valence-corrected chi connectivity index (χ3v) is 3.16. The Labute approximate surface area is 103 Å². The van der Waals surface area contributed by atoms with Gasteiger partial charge in [-0.3, -0.25) is 4.68 Å². The standard InChI is InChI=1S/C12H23N3O2/c1-7-12(8(2)15(5)14-7)11(6-13)17-10(4)9(3)16/h9-11,16H,6,13H2,1-5H3. The maximum atomic E-state index is 9.47. The SMILES string of the molecule is Cc1nn(C)c(C)c1C(CN)OC(C)C(C)O. The minimum Gasteiger partial charge on any atom is -0.391 e. The predicted molar refractivity (Wildman–Crippen MR) is 66.7 cm³/mol. The summed E-state index contributed by atoms with van der Waals surface area (Å²) in [4.78, 5) is 0. The summed E-state index contributed by atoms with van der Waals surface area (Å²) in [5, 5.41) is 13.8. The quantitative estimate of drug-likeness (QED) is 0.800. The van der Waals surface area contributed by atoms with Crippen molar-refractivity contribution in [3.05, 3.63) is 17.0 Å². The van der Waals surface area contributed by atoms with E-state index in [1.165, 1.54) is 0 Å². The van der Waals surface area contributed by atoms with Crippen molar-refractivity contribution < 1.29 is 9.84 Å². The number of hydrogen-bond donors (Lipinski definition) is 2. The molecule has 0 aliphatic heterocycles. The van der Waals surface area contributed by atoms with Crippen LogP contribution in [0.5, 0.6) is 0 Å². The molecule has 17 heavy (non-hydrogen) atoms. The van der Waals surface area contributed by atoms with Crippen LogP contribution >= 0.6 is 0 Å². The molecule has 0 fully saturated rings. The van der Waals surface area contributed by atoms with Crippen LogP contribution in [0.15, 0.2) is 0 Å². The van der Waals surface area contributed by atoms with Gasteiger partial charge in [0, 0.05) is 24.8 Å². The molecular formula is C12H23N3O2. The number of aromatic nitrogens is 2. The average Bonchev–Trinajstić information content (AvgIpc) is 2.50. The Balaban J connectivity index is 2.94. The molecule has 5 heteroatoms. The largest absolute Gasteiger partial charge is 0.391 e. The van der Waals surface area contributed by atoms with Crippen molar-refractivity contribution in [1.82, 2.24) is 9.78 Å². The Hall–Kier alpha value is -0.910. The van der Waals surface area contributed by atoms with Gasteiger partial charge in [-0.2, -0.15) is 5.10 Å². The summed E-state index contributed by atoms with van der Waals surface area (Å²) in [5.74, 6) is 0. The molecule has 1 aromatic heterocycles. The van der Waals surface area contributed by atoms with E-state index in [0.717, 1.165) is 17.0 Å². The maximum Gasteiger partial charge on any atom is 0.0987 e. The molecule has 3 N–H and O–H groups in total. The third-order valence-electron chi connectivity index (χ3n) is 3.16. The molecule has 0 radical (unpaired) electrons. The Kier molecular flexibility index (Phi) is 4.68. The molecule has 3 unspecified atom stereocenters. The molecule has 1 rings (SSSR count). The van der Waals surface area contributed by atoms with Gasteiger partial charge in [0.05, 0.1) is 24.0 Å². The Morgan fingerprint density at radius 1 is 1.41 bits per heavy atom. The monoisotopic (exact) mass is 241 g/mol. The Morgan fingerprint density at radius 2 is 2.00 bits per heavy atom. The van der Waals surface area contributed by atoms with E-state index in [2.05, 4.69) is 5.10 Å². The highest BCUT2D eigenvalue weighted by atomic mass is 16.5. The molecule has 0 bridgehead atoms. The second-order valence-corrected chi connectivity index (χ2v) is 4.51. The summed E-state index contributed by atoms with van der Waals surface area (Å²) < 4.78 is 7.62. The number of aliphatic hydroxyl groups excluding tert-OH is 1. The predicted octanol–water partition coefficient (Wildman–Crippen LogP) is 0.823. The van der Waals surface area contributed by atoms with E-state index in [-0.39, 0.29) is 12.2 Å². The first-order chi connectivity index (χ1) is 7.88. The molecule has 0 aromatic carbocycles. The topological polar surface area (TPSA) is 73.3 Å². The summed E-state index contributed by atoms with van der Waals surface area (Å²) >= 11 is 0. The van der Waals surface area contributed by atoms with E-state index in [1.807, 2.05) is 32.5 Å². The number of nitrogens with zero attached hydrogens (tertiary/aromatic N) is 2. The maximum absolute atomic E-state index is 9.47. The number of rotatable bonds is 5. The van der Waals surface area contributed by atoms with Gasteiger partial charge in [0.25, 0.3) is 0 Å². The van der Waals surface area contributed by atoms with Crippen LogP contribution in [0.4, 0.5) is 0 Å². The van der Waals surface area contributed by atoms with Gasteiger partial charge >= 0.3 is 0 Å². The third kappa shape index (κ3) is 3.06. The van der Waals surface area contributed by atoms with E-state index in [4.69, 9.17) is 10.5 Å². The number of aliphatic hydroxyl groups is 1. The zero-order chi connectivity index (χ0) is 13.2. The van der Waals surface area contributed by atoms with Crippen LogP contribution in [0.1, 0.15) is 36.9 Å². The van der Waals surface area contributed by atoms with E-state index in [1.54, 1.807) is 6.92 Å². The zero-order valence-corrected chi connectivity index (χ0v) is 11.3. The molecular weight excluding hydrogens is 218 g/mol. The van der Waals surface area contributed by atoms with Crippen molar-refractivity contribution in [2.24, 2.45) is 12.8 Å². The van der Waals surface area contributed by atoms with Crippen molar-refractivity contribution in [1.29, 1.82) is 0 Å². The number of ether oxygens (including phenoxy) is 1. The second-order valence-electron chi connectivity index (χ2n) is 4.51. The van der Waals surface area contributed by atoms with Crippen molar-refractivity contribution >= 4 is 0 Å². The van der Waals surface area contributed by atoms with Gasteiger partial charge in [-0.1, -0.05) is 0 Å². The normalized spacial score (nSPS) is 16.9. The fourth-order valence-electron chi connectivity index (χ4n) is 1.87. The van der Waals surface area contributed by atoms with Gasteiger partial charge in [-0.15, -0.1) is 0 Å². The van der Waals surface area contributed by atoms with Crippen LogP contribution in [0, 0.1) is 13.8 Å². The molecule has 1 aromatic rings. The molecule has 5 nitrogen and oxygen atoms in total. The number of hydrogen-bond acceptors (Lipinski definition) is 4. The van der Waals surface area contributed by atoms with Gasteiger partial charge in [-0.05, 0) is 27.7 Å². The van der Waals surface area contributed by atoms with E-state index < -0.39 is 6.10 Å². The molecule has 0 aliphatic carbocycles. The molecule has 3 atom stereocenters. The second kappa shape index (κ2) is 5.62. The molecule has 98 valence electrons. The average molecular weight is 241 g/mol. The smallest absolute Gasteiger partial charge is 0.0987 e. The highest BCUT2D eigenvalue weighted by Gasteiger charge is 2.23. The molecule has 0 aliphatic rings. The van der Waals surface area contributed by atoms with E-state index in [9.17, 15) is 5.11 Å². The lowest BCUT2D eigenvalue weighted by Crippen LogP contribution is -2.28. The highest BCUT2D eigenvalue weighted by Crippen LogP contribution is 2.25. The summed E-state index contributed by atoms with van der Waals surface area (Å²) in [6, 6.07) is 0. The van der Waals surface area contributed by atoms with Crippen LogP contribution in [0.3, 0.4) is 0 Å². The van der Waals surface area contributed by atoms with Crippen molar-refractivity contribution in [3.63, 3.8) is 0 Å². The summed E-state index contributed by atoms with van der Waals surface area (Å²) in [6.07, 6.45) is -0.975. The van der Waals surface area contributed by atoms with Crippen molar-refractivity contribution in [2.75, 3.05) is 6.54 Å². The van der Waals surface area contributed by atoms with Crippen LogP contribution in [-0.2, 0) is 11.8 Å². The van der Waals surface area contributed by atoms with Gasteiger partial charge < -0.3 is 15.6 Å². The van der Waals surface area contributed by atoms with E-state index in [0.29, 0.717) is 6.54 Å². The first kappa shape index (κ1) is 14.2. The summed E-state index contributed by atoms with van der Waals surface area (Å²) in [7, 11) is 1.90. The lowest BCUT2D eigenvalue weighted by Gasteiger charge is -2.23. The minimum absolute atomic E-state index is 0.215. The summed E-state index contributed by atoms with van der Waals surface area (Å²) in [5.41, 5.74) is 8.77. The Morgan fingerprint density at radius 3 is 2.35 bits per heavy atom. The van der Waals surface area contributed by atoms with Gasteiger partial charge in [0.2, 0.25) is 0 Å². The van der Waals surface area contributed by atoms with Crippen LogP contribution in [-0.4, -0.2) is 33.6 Å². The highest BCUT2D eigenvalue weighted by molar-refractivity contribution is 5.27. The van der Waals surface area contributed by atoms with Crippen molar-refractivity contribution in [2.45, 2.75) is 46.0 Å². The molecule has 0 saturated heterocycles. The number of aryl methyl sites for hydroxylation is 2. The van der Waals surface area contributed by atoms with E-state index >= 15 is 0 Å². The fourth-order valence-corrected chi connectivity index (χ4v) is 1.87. The lowest BCUT2D eigenvalue weighted by atomic mass is 10.1.